The van der Waals surface area contributed by atoms with E-state index in [1.807, 2.05) is 36.4 Å². The van der Waals surface area contributed by atoms with Crippen LogP contribution in [-0.2, 0) is 0 Å². The van der Waals surface area contributed by atoms with Crippen molar-refractivity contribution in [3.8, 4) is 17.1 Å². The third kappa shape index (κ3) is 3.74. The van der Waals surface area contributed by atoms with Gasteiger partial charge in [0, 0.05) is 29.7 Å². The molecule has 1 aromatic carbocycles. The summed E-state index contributed by atoms with van der Waals surface area (Å²) in [7, 11) is 1.52. The first-order chi connectivity index (χ1) is 15.1. The minimum absolute atomic E-state index is 0.0343. The van der Waals surface area contributed by atoms with Gasteiger partial charge in [-0.05, 0) is 37.1 Å². The number of anilines is 3. The van der Waals surface area contributed by atoms with Crippen LogP contribution in [0.3, 0.4) is 0 Å². The lowest BCUT2D eigenvalue weighted by Gasteiger charge is -2.45. The predicted molar refractivity (Wildman–Crippen MR) is 120 cm³/mol. The summed E-state index contributed by atoms with van der Waals surface area (Å²) in [5, 5.41) is 3.52. The third-order valence-corrected chi connectivity index (χ3v) is 5.85. The van der Waals surface area contributed by atoms with Crippen LogP contribution >= 0.6 is 11.6 Å². The molecule has 0 unspecified atom stereocenters. The van der Waals surface area contributed by atoms with Crippen LogP contribution in [0.2, 0.25) is 5.02 Å². The van der Waals surface area contributed by atoms with Crippen molar-refractivity contribution >= 4 is 35.0 Å². The number of pyridine rings is 1. The molecule has 2 bridgehead atoms. The van der Waals surface area contributed by atoms with E-state index in [4.69, 9.17) is 21.3 Å². The maximum Gasteiger partial charge on any atom is 0.329 e. The first kappa shape index (κ1) is 19.6. The fourth-order valence-electron chi connectivity index (χ4n) is 4.18. The number of carbonyl (C=O) groups excluding carboxylic acids is 1. The predicted octanol–water partition coefficient (Wildman–Crippen LogP) is 4.22. The quantitative estimate of drug-likeness (QED) is 0.661. The molecule has 2 amide bonds. The lowest BCUT2D eigenvalue weighted by molar-refractivity contribution is 0.252. The largest absolute Gasteiger partial charge is 0.481 e. The molecule has 8 nitrogen and oxygen atoms in total. The highest BCUT2D eigenvalue weighted by molar-refractivity contribution is 6.30. The van der Waals surface area contributed by atoms with Gasteiger partial charge < -0.3 is 9.64 Å². The fourth-order valence-corrected chi connectivity index (χ4v) is 4.37. The van der Waals surface area contributed by atoms with Crippen LogP contribution in [0.1, 0.15) is 12.8 Å². The van der Waals surface area contributed by atoms with Gasteiger partial charge >= 0.3 is 6.03 Å². The van der Waals surface area contributed by atoms with E-state index in [1.54, 1.807) is 11.0 Å². The van der Waals surface area contributed by atoms with Crippen molar-refractivity contribution in [2.45, 2.75) is 18.9 Å². The topological polar surface area (TPSA) is 83.5 Å². The third-order valence-electron chi connectivity index (χ3n) is 5.61. The molecule has 0 radical (unpaired) electrons. The zero-order chi connectivity index (χ0) is 21.4. The summed E-state index contributed by atoms with van der Waals surface area (Å²) >= 11 is 6.18. The van der Waals surface area contributed by atoms with Crippen LogP contribution < -0.4 is 19.9 Å². The number of aromatic nitrogens is 3. The number of hydrogen-bond donors (Lipinski definition) is 1. The summed E-state index contributed by atoms with van der Waals surface area (Å²) in [6.45, 7) is 1.74. The minimum atomic E-state index is -0.274. The maximum atomic E-state index is 13.4. The highest BCUT2D eigenvalue weighted by Crippen LogP contribution is 2.39. The zero-order valence-corrected chi connectivity index (χ0v) is 17.7. The molecule has 1 N–H and O–H groups in total. The van der Waals surface area contributed by atoms with E-state index < -0.39 is 0 Å². The highest BCUT2D eigenvalue weighted by Gasteiger charge is 2.38. The number of hydrogen-bond acceptors (Lipinski definition) is 6. The second-order valence-electron chi connectivity index (χ2n) is 7.54. The molecule has 1 fully saturated rings. The van der Waals surface area contributed by atoms with E-state index >= 15 is 0 Å². The van der Waals surface area contributed by atoms with Crippen LogP contribution in [0, 0.1) is 0 Å². The van der Waals surface area contributed by atoms with E-state index in [0.29, 0.717) is 22.5 Å². The van der Waals surface area contributed by atoms with Gasteiger partial charge in [0.25, 0.3) is 0 Å². The van der Waals surface area contributed by atoms with Crippen molar-refractivity contribution in [1.82, 2.24) is 15.0 Å². The van der Waals surface area contributed by atoms with E-state index in [9.17, 15) is 4.79 Å². The molecule has 1 saturated heterocycles. The number of amides is 2. The van der Waals surface area contributed by atoms with Crippen LogP contribution in [0.25, 0.3) is 11.3 Å². The number of ether oxygens (including phenoxy) is 1. The molecular formula is C22H21ClN6O2. The van der Waals surface area contributed by atoms with E-state index in [-0.39, 0.29) is 12.1 Å². The number of nitrogens with one attached hydrogen (secondary N) is 1. The molecule has 158 valence electrons. The Morgan fingerprint density at radius 3 is 2.97 bits per heavy atom. The summed E-state index contributed by atoms with van der Waals surface area (Å²) in [6, 6.07) is 12.9. The summed E-state index contributed by atoms with van der Waals surface area (Å²) in [5.74, 6) is 1.41. The van der Waals surface area contributed by atoms with Crippen molar-refractivity contribution in [2.24, 2.45) is 0 Å². The van der Waals surface area contributed by atoms with Crippen LogP contribution in [0.15, 0.2) is 48.8 Å². The average Bonchev–Trinajstić information content (AvgIpc) is 2.79. The van der Waals surface area contributed by atoms with E-state index in [2.05, 4.69) is 20.2 Å². The number of benzene rings is 1. The van der Waals surface area contributed by atoms with Crippen LogP contribution in [0.5, 0.6) is 5.88 Å². The molecule has 3 aromatic rings. The van der Waals surface area contributed by atoms with E-state index in [0.717, 1.165) is 42.9 Å². The summed E-state index contributed by atoms with van der Waals surface area (Å²) in [4.78, 5) is 30.4. The lowest BCUT2D eigenvalue weighted by Crippen LogP contribution is -2.56. The summed E-state index contributed by atoms with van der Waals surface area (Å²) < 4.78 is 5.13. The molecule has 2 aliphatic rings. The van der Waals surface area contributed by atoms with Gasteiger partial charge in [-0.15, -0.1) is 0 Å². The number of nitrogens with zero attached hydrogens (tertiary/aromatic N) is 5. The van der Waals surface area contributed by atoms with Gasteiger partial charge in [0.1, 0.15) is 12.1 Å². The van der Waals surface area contributed by atoms with Gasteiger partial charge in [0.05, 0.1) is 24.5 Å². The number of methoxy groups -OCH3 is 1. The molecular weight excluding hydrogens is 416 g/mol. The Hall–Kier alpha value is -3.39. The number of rotatable bonds is 3. The number of carbonyl (C=O) groups is 1. The molecule has 2 aromatic heterocycles. The van der Waals surface area contributed by atoms with Crippen molar-refractivity contribution in [3.05, 3.63) is 53.8 Å². The van der Waals surface area contributed by atoms with Gasteiger partial charge in [0.2, 0.25) is 5.88 Å². The molecule has 0 aliphatic carbocycles. The van der Waals surface area contributed by atoms with Crippen molar-refractivity contribution in [2.75, 3.05) is 35.3 Å². The Kier molecular flexibility index (Phi) is 5.07. The minimum Gasteiger partial charge on any atom is -0.481 e. The van der Waals surface area contributed by atoms with Gasteiger partial charge in [-0.25, -0.2) is 19.7 Å². The lowest BCUT2D eigenvalue weighted by atomic mass is 9.99. The number of halogens is 1. The fraction of sp³-hybridized carbons (Fsp3) is 0.273. The Labute approximate surface area is 184 Å². The number of urea groups is 1. The Balaban J connectivity index is 1.53. The van der Waals surface area contributed by atoms with Crippen LogP contribution in [0.4, 0.5) is 22.1 Å². The Morgan fingerprint density at radius 1 is 1.23 bits per heavy atom. The molecule has 2 aliphatic heterocycles. The second kappa shape index (κ2) is 8.03. The summed E-state index contributed by atoms with van der Waals surface area (Å²) in [5.41, 5.74) is 2.63. The van der Waals surface area contributed by atoms with Crippen molar-refractivity contribution in [1.29, 1.82) is 0 Å². The normalized spacial score (nSPS) is 17.2. The highest BCUT2D eigenvalue weighted by atomic mass is 35.5. The molecule has 31 heavy (non-hydrogen) atoms. The molecule has 0 saturated carbocycles. The van der Waals surface area contributed by atoms with Gasteiger partial charge in [0.15, 0.2) is 5.82 Å². The average molecular weight is 437 g/mol. The van der Waals surface area contributed by atoms with Gasteiger partial charge in [-0.2, -0.15) is 0 Å². The van der Waals surface area contributed by atoms with Crippen molar-refractivity contribution < 1.29 is 9.53 Å². The first-order valence-electron chi connectivity index (χ1n) is 10.1. The molecule has 0 spiro atoms. The first-order valence-corrected chi connectivity index (χ1v) is 10.5. The second-order valence-corrected chi connectivity index (χ2v) is 7.97. The SMILES string of the molecule is COc1cc(NC(=O)N2c3nc(-c4cccc(Cl)c4)ccc3N3CCC[C@H]2C3)ncn1. The van der Waals surface area contributed by atoms with Gasteiger partial charge in [-0.3, -0.25) is 10.2 Å². The van der Waals surface area contributed by atoms with Crippen LogP contribution in [-0.4, -0.2) is 47.2 Å². The Bertz CT molecular complexity index is 1140. The zero-order valence-electron chi connectivity index (χ0n) is 17.0. The molecule has 4 heterocycles. The standard InChI is InChI=1S/C22H21ClN6O2/c1-31-20-11-19(24-13-25-20)27-22(30)29-16-6-3-9-28(12-16)18-8-7-17(26-21(18)29)14-4-2-5-15(23)10-14/h2,4-5,7-8,10-11,13,16H,3,6,9,12H2,1H3,(H,24,25,27,30)/t16-/m0/s1. The Morgan fingerprint density at radius 2 is 2.13 bits per heavy atom. The molecule has 5 rings (SSSR count). The monoisotopic (exact) mass is 436 g/mol. The van der Waals surface area contributed by atoms with Crippen molar-refractivity contribution in [3.63, 3.8) is 0 Å². The van der Waals surface area contributed by atoms with E-state index in [1.165, 1.54) is 13.4 Å². The molecule has 9 heteroatoms. The number of piperidine rings is 1. The summed E-state index contributed by atoms with van der Waals surface area (Å²) in [6.07, 6.45) is 3.29. The van der Waals surface area contributed by atoms with Gasteiger partial charge in [-0.1, -0.05) is 23.7 Å². The molecule has 1 atom stereocenters. The smallest absolute Gasteiger partial charge is 0.329 e. The number of fused-ring (bicyclic) bond motifs is 4. The maximum absolute atomic E-state index is 13.4.